The molecule has 4 N–H and O–H groups in total. The maximum Gasteiger partial charge on any atom is 0.123 e. The summed E-state index contributed by atoms with van der Waals surface area (Å²) in [6, 6.07) is 11.1. The normalized spacial score (nSPS) is 13.5. The fraction of sp³-hybridized carbons (Fsp3) is 0.333. The van der Waals surface area contributed by atoms with Crippen molar-refractivity contribution in [3.05, 3.63) is 58.7 Å². The molecular formula is C18H24N2O2. The van der Waals surface area contributed by atoms with E-state index < -0.39 is 0 Å². The van der Waals surface area contributed by atoms with E-state index >= 15 is 0 Å². The Hall–Kier alpha value is -2.04. The summed E-state index contributed by atoms with van der Waals surface area (Å²) in [5, 5.41) is 0. The van der Waals surface area contributed by atoms with Gasteiger partial charge in [-0.25, -0.2) is 0 Å². The van der Waals surface area contributed by atoms with Crippen molar-refractivity contribution in [2.45, 2.75) is 25.9 Å². The molecule has 0 amide bonds. The zero-order valence-corrected chi connectivity index (χ0v) is 13.6. The number of ether oxygens (including phenoxy) is 2. The summed E-state index contributed by atoms with van der Waals surface area (Å²) < 4.78 is 10.9. The summed E-state index contributed by atoms with van der Waals surface area (Å²) in [5.41, 5.74) is 16.8. The highest BCUT2D eigenvalue weighted by Crippen LogP contribution is 2.35. The Kier molecular flexibility index (Phi) is 5.06. The Bertz CT molecular complexity index is 598. The van der Waals surface area contributed by atoms with Gasteiger partial charge < -0.3 is 20.9 Å². The molecule has 0 heterocycles. The summed E-state index contributed by atoms with van der Waals surface area (Å²) >= 11 is 0. The van der Waals surface area contributed by atoms with Crippen molar-refractivity contribution in [3.63, 3.8) is 0 Å². The predicted molar refractivity (Wildman–Crippen MR) is 89.3 cm³/mol. The van der Waals surface area contributed by atoms with Gasteiger partial charge in [-0.1, -0.05) is 24.3 Å². The van der Waals surface area contributed by atoms with Crippen molar-refractivity contribution in [3.8, 4) is 11.5 Å². The molecule has 0 aliphatic carbocycles. The van der Waals surface area contributed by atoms with Crippen molar-refractivity contribution in [2.24, 2.45) is 11.5 Å². The molecule has 0 radical (unpaired) electrons. The van der Waals surface area contributed by atoms with Gasteiger partial charge in [-0.05, 0) is 37.1 Å². The molecule has 118 valence electrons. The van der Waals surface area contributed by atoms with Crippen LogP contribution in [-0.4, -0.2) is 14.2 Å². The van der Waals surface area contributed by atoms with Gasteiger partial charge in [-0.2, -0.15) is 0 Å². The zero-order chi connectivity index (χ0) is 16.3. The van der Waals surface area contributed by atoms with Crippen molar-refractivity contribution < 1.29 is 9.47 Å². The summed E-state index contributed by atoms with van der Waals surface area (Å²) in [7, 11) is 3.28. The number of methoxy groups -OCH3 is 2. The first kappa shape index (κ1) is 16.3. The van der Waals surface area contributed by atoms with Crippen LogP contribution in [0.2, 0.25) is 0 Å². The minimum Gasteiger partial charge on any atom is -0.496 e. The third-order valence-electron chi connectivity index (χ3n) is 3.88. The first-order valence-corrected chi connectivity index (χ1v) is 7.28. The van der Waals surface area contributed by atoms with Crippen molar-refractivity contribution in [1.82, 2.24) is 0 Å². The lowest BCUT2D eigenvalue weighted by Gasteiger charge is -2.24. The summed E-state index contributed by atoms with van der Waals surface area (Å²) in [5.74, 6) is 1.52. The van der Waals surface area contributed by atoms with Gasteiger partial charge in [-0.15, -0.1) is 0 Å². The quantitative estimate of drug-likeness (QED) is 0.890. The first-order chi connectivity index (χ1) is 10.5. The Morgan fingerprint density at radius 1 is 0.727 bits per heavy atom. The number of nitrogens with two attached hydrogens (primary N) is 2. The van der Waals surface area contributed by atoms with Crippen LogP contribution in [0, 0.1) is 13.8 Å². The maximum absolute atomic E-state index is 6.40. The molecule has 0 aliphatic rings. The minimum absolute atomic E-state index is 0.382. The van der Waals surface area contributed by atoms with Crippen LogP contribution in [0.1, 0.15) is 34.3 Å². The lowest BCUT2D eigenvalue weighted by atomic mass is 9.92. The molecule has 0 aliphatic heterocycles. The molecule has 22 heavy (non-hydrogen) atoms. The van der Waals surface area contributed by atoms with Crippen LogP contribution in [0.3, 0.4) is 0 Å². The van der Waals surface area contributed by atoms with Gasteiger partial charge in [0.1, 0.15) is 11.5 Å². The topological polar surface area (TPSA) is 70.5 Å². The first-order valence-electron chi connectivity index (χ1n) is 7.28. The zero-order valence-electron chi connectivity index (χ0n) is 13.6. The van der Waals surface area contributed by atoms with E-state index in [0.29, 0.717) is 0 Å². The SMILES string of the molecule is COc1cc(C)ccc1C(N)C(N)c1ccc(C)cc1OC. The van der Waals surface area contributed by atoms with Crippen LogP contribution in [0.4, 0.5) is 0 Å². The average Bonchev–Trinajstić information content (AvgIpc) is 2.53. The van der Waals surface area contributed by atoms with Gasteiger partial charge >= 0.3 is 0 Å². The summed E-state index contributed by atoms with van der Waals surface area (Å²) in [4.78, 5) is 0. The van der Waals surface area contributed by atoms with Gasteiger partial charge in [0, 0.05) is 11.1 Å². The Balaban J connectivity index is 2.39. The Morgan fingerprint density at radius 3 is 1.41 bits per heavy atom. The predicted octanol–water partition coefficient (Wildman–Crippen LogP) is 3.02. The van der Waals surface area contributed by atoms with Crippen molar-refractivity contribution in [1.29, 1.82) is 0 Å². The van der Waals surface area contributed by atoms with E-state index in [1.165, 1.54) is 0 Å². The average molecular weight is 300 g/mol. The molecule has 0 spiro atoms. The third-order valence-corrected chi connectivity index (χ3v) is 3.88. The second-order valence-electron chi connectivity index (χ2n) is 5.54. The molecule has 2 unspecified atom stereocenters. The van der Waals surface area contributed by atoms with Crippen LogP contribution >= 0.6 is 0 Å². The highest BCUT2D eigenvalue weighted by atomic mass is 16.5. The maximum atomic E-state index is 6.40. The number of aryl methyl sites for hydroxylation is 2. The molecule has 2 aromatic rings. The molecule has 0 aromatic heterocycles. The van der Waals surface area contributed by atoms with Gasteiger partial charge in [-0.3, -0.25) is 0 Å². The molecular weight excluding hydrogens is 276 g/mol. The van der Waals surface area contributed by atoms with E-state index in [1.807, 2.05) is 50.2 Å². The molecule has 4 nitrogen and oxygen atoms in total. The molecule has 2 rings (SSSR count). The van der Waals surface area contributed by atoms with E-state index in [0.717, 1.165) is 33.8 Å². The van der Waals surface area contributed by atoms with Crippen LogP contribution in [0.25, 0.3) is 0 Å². The largest absolute Gasteiger partial charge is 0.496 e. The molecule has 0 saturated heterocycles. The van der Waals surface area contributed by atoms with Gasteiger partial charge in [0.15, 0.2) is 0 Å². The molecule has 2 atom stereocenters. The van der Waals surface area contributed by atoms with Crippen LogP contribution < -0.4 is 20.9 Å². The fourth-order valence-electron chi connectivity index (χ4n) is 2.57. The molecule has 0 saturated carbocycles. The summed E-state index contributed by atoms with van der Waals surface area (Å²) in [6.45, 7) is 4.03. The van der Waals surface area contributed by atoms with Gasteiger partial charge in [0.25, 0.3) is 0 Å². The Labute approximate surface area is 132 Å². The second kappa shape index (κ2) is 6.81. The molecule has 2 aromatic carbocycles. The smallest absolute Gasteiger partial charge is 0.123 e. The summed E-state index contributed by atoms with van der Waals surface area (Å²) in [6.07, 6.45) is 0. The lowest BCUT2D eigenvalue weighted by molar-refractivity contribution is 0.391. The van der Waals surface area contributed by atoms with Gasteiger partial charge in [0.05, 0.1) is 26.3 Å². The van der Waals surface area contributed by atoms with Crippen molar-refractivity contribution >= 4 is 0 Å². The number of hydrogen-bond acceptors (Lipinski definition) is 4. The third kappa shape index (κ3) is 3.24. The molecule has 4 heteroatoms. The van der Waals surface area contributed by atoms with Gasteiger partial charge in [0.2, 0.25) is 0 Å². The monoisotopic (exact) mass is 300 g/mol. The fourth-order valence-corrected chi connectivity index (χ4v) is 2.57. The van der Waals surface area contributed by atoms with Crippen LogP contribution in [0.5, 0.6) is 11.5 Å². The number of hydrogen-bond donors (Lipinski definition) is 2. The standard InChI is InChI=1S/C18H24N2O2/c1-11-5-7-13(15(9-11)21-3)17(19)18(20)14-8-6-12(2)10-16(14)22-4/h5-10,17-18H,19-20H2,1-4H3. The van der Waals surface area contributed by atoms with E-state index in [1.54, 1.807) is 14.2 Å². The molecule has 0 bridgehead atoms. The van der Waals surface area contributed by atoms with Crippen LogP contribution in [-0.2, 0) is 0 Å². The van der Waals surface area contributed by atoms with Crippen LogP contribution in [0.15, 0.2) is 36.4 Å². The Morgan fingerprint density at radius 2 is 1.09 bits per heavy atom. The lowest BCUT2D eigenvalue weighted by Crippen LogP contribution is -2.27. The second-order valence-corrected chi connectivity index (χ2v) is 5.54. The highest BCUT2D eigenvalue weighted by molar-refractivity contribution is 5.44. The van der Waals surface area contributed by atoms with E-state index in [9.17, 15) is 0 Å². The highest BCUT2D eigenvalue weighted by Gasteiger charge is 2.23. The van der Waals surface area contributed by atoms with E-state index in [2.05, 4.69) is 0 Å². The minimum atomic E-state index is -0.382. The number of rotatable bonds is 5. The molecule has 0 fully saturated rings. The van der Waals surface area contributed by atoms with Crippen molar-refractivity contribution in [2.75, 3.05) is 14.2 Å². The van der Waals surface area contributed by atoms with E-state index in [-0.39, 0.29) is 12.1 Å². The number of benzene rings is 2. The van der Waals surface area contributed by atoms with E-state index in [4.69, 9.17) is 20.9 Å².